The van der Waals surface area contributed by atoms with Crippen molar-refractivity contribution < 1.29 is 9.53 Å². The summed E-state index contributed by atoms with van der Waals surface area (Å²) in [7, 11) is 3.53. The number of nitrogens with zero attached hydrogens (tertiary/aromatic N) is 2. The quantitative estimate of drug-likeness (QED) is 0.288. The van der Waals surface area contributed by atoms with Crippen molar-refractivity contribution in [2.75, 3.05) is 33.8 Å². The van der Waals surface area contributed by atoms with Crippen molar-refractivity contribution in [1.82, 2.24) is 15.5 Å². The van der Waals surface area contributed by atoms with Crippen LogP contribution in [0.3, 0.4) is 0 Å². The fourth-order valence-corrected chi connectivity index (χ4v) is 3.08. The summed E-state index contributed by atoms with van der Waals surface area (Å²) < 4.78 is 5.60. The molecule has 1 amide bonds. The minimum Gasteiger partial charge on any atom is -0.494 e. The molecule has 2 aromatic rings. The topological polar surface area (TPSA) is 66.0 Å². The van der Waals surface area contributed by atoms with Crippen molar-refractivity contribution in [1.29, 1.82) is 0 Å². The first-order chi connectivity index (χ1) is 14.4. The van der Waals surface area contributed by atoms with Crippen LogP contribution in [0.2, 0.25) is 0 Å². The van der Waals surface area contributed by atoms with Crippen LogP contribution in [0.25, 0.3) is 0 Å². The molecule has 0 saturated carbocycles. The summed E-state index contributed by atoms with van der Waals surface area (Å²) in [4.78, 5) is 18.4. The second kappa shape index (κ2) is 13.9. The molecule has 170 valence electrons. The van der Waals surface area contributed by atoms with E-state index >= 15 is 0 Å². The van der Waals surface area contributed by atoms with Gasteiger partial charge in [0.15, 0.2) is 5.96 Å². The Kier molecular flexibility index (Phi) is 12.0. The van der Waals surface area contributed by atoms with Crippen LogP contribution < -0.4 is 15.4 Å². The summed E-state index contributed by atoms with van der Waals surface area (Å²) in [5.74, 6) is 1.72. The van der Waals surface area contributed by atoms with Crippen molar-refractivity contribution in [3.63, 3.8) is 0 Å². The molecule has 31 heavy (non-hydrogen) atoms. The summed E-state index contributed by atoms with van der Waals surface area (Å²) in [5, 5.41) is 6.66. The zero-order valence-corrected chi connectivity index (χ0v) is 21.5. The van der Waals surface area contributed by atoms with Gasteiger partial charge in [0.25, 0.3) is 5.91 Å². The molecule has 0 unspecified atom stereocenters. The van der Waals surface area contributed by atoms with E-state index in [1.54, 1.807) is 19.0 Å². The Morgan fingerprint density at radius 3 is 2.48 bits per heavy atom. The van der Waals surface area contributed by atoms with Crippen LogP contribution in [0, 0.1) is 6.92 Å². The summed E-state index contributed by atoms with van der Waals surface area (Å²) in [6.07, 6.45) is 0.807. The van der Waals surface area contributed by atoms with E-state index in [1.165, 1.54) is 0 Å². The number of ether oxygens (including phenoxy) is 1. The van der Waals surface area contributed by atoms with Gasteiger partial charge in [-0.2, -0.15) is 0 Å². The summed E-state index contributed by atoms with van der Waals surface area (Å²) in [6, 6.07) is 14.0. The van der Waals surface area contributed by atoms with Gasteiger partial charge < -0.3 is 20.3 Å². The number of carbonyl (C=O) groups excluding carboxylic acids is 1. The Morgan fingerprint density at radius 1 is 1.06 bits per heavy atom. The molecule has 0 fully saturated rings. The lowest BCUT2D eigenvalue weighted by Gasteiger charge is -2.13. The highest BCUT2D eigenvalue weighted by Gasteiger charge is 2.08. The van der Waals surface area contributed by atoms with Crippen molar-refractivity contribution in [2.24, 2.45) is 4.99 Å². The molecule has 0 aliphatic carbocycles. The lowest BCUT2D eigenvalue weighted by atomic mass is 10.1. The third-order valence-corrected chi connectivity index (χ3v) is 4.59. The van der Waals surface area contributed by atoms with E-state index in [-0.39, 0.29) is 29.9 Å². The van der Waals surface area contributed by atoms with Gasteiger partial charge in [-0.25, -0.2) is 4.99 Å². The molecule has 6 nitrogen and oxygen atoms in total. The first kappa shape index (κ1) is 26.7. The molecule has 0 saturated heterocycles. The summed E-state index contributed by atoms with van der Waals surface area (Å²) in [5.41, 5.74) is 4.09. The van der Waals surface area contributed by atoms with Crippen LogP contribution in [0.15, 0.2) is 47.5 Å². The van der Waals surface area contributed by atoms with Gasteiger partial charge in [0.2, 0.25) is 0 Å². The molecule has 0 aromatic heterocycles. The molecule has 2 rings (SSSR count). The van der Waals surface area contributed by atoms with Crippen LogP contribution >= 0.6 is 24.0 Å². The number of guanidine groups is 1. The summed E-state index contributed by atoms with van der Waals surface area (Å²) >= 11 is 0. The third-order valence-electron chi connectivity index (χ3n) is 4.59. The highest BCUT2D eigenvalue weighted by atomic mass is 127. The van der Waals surface area contributed by atoms with E-state index < -0.39 is 0 Å². The third kappa shape index (κ3) is 8.77. The van der Waals surface area contributed by atoms with Crippen LogP contribution in [-0.4, -0.2) is 50.6 Å². The molecule has 0 heterocycles. The SMILES string of the molecule is CCNC(=NCc1ccc(OCC)c(C)c1)NCCc1cccc(C(=O)N(C)C)c1.I. The highest BCUT2D eigenvalue weighted by Crippen LogP contribution is 2.19. The largest absolute Gasteiger partial charge is 0.494 e. The summed E-state index contributed by atoms with van der Waals surface area (Å²) in [6.45, 7) is 8.87. The Labute approximate surface area is 203 Å². The minimum atomic E-state index is 0. The predicted octanol–water partition coefficient (Wildman–Crippen LogP) is 4.01. The lowest BCUT2D eigenvalue weighted by Crippen LogP contribution is -2.38. The van der Waals surface area contributed by atoms with Crippen LogP contribution in [0.4, 0.5) is 0 Å². The molecular weight excluding hydrogens is 503 g/mol. The molecular formula is C24H35IN4O2. The number of benzene rings is 2. The number of aliphatic imine (C=N–C) groups is 1. The van der Waals surface area contributed by atoms with Crippen molar-refractivity contribution >= 4 is 35.8 Å². The number of hydrogen-bond acceptors (Lipinski definition) is 3. The minimum absolute atomic E-state index is 0. The Hall–Kier alpha value is -2.29. The van der Waals surface area contributed by atoms with Crippen LogP contribution in [-0.2, 0) is 13.0 Å². The highest BCUT2D eigenvalue weighted by molar-refractivity contribution is 14.0. The van der Waals surface area contributed by atoms with E-state index in [9.17, 15) is 4.79 Å². The number of aryl methyl sites for hydroxylation is 1. The smallest absolute Gasteiger partial charge is 0.253 e. The van der Waals surface area contributed by atoms with Crippen LogP contribution in [0.1, 0.15) is 40.9 Å². The number of carbonyl (C=O) groups is 1. The normalized spacial score (nSPS) is 10.8. The number of halogens is 1. The zero-order chi connectivity index (χ0) is 21.9. The van der Waals surface area contributed by atoms with Gasteiger partial charge in [-0.05, 0) is 62.1 Å². The number of nitrogens with one attached hydrogen (secondary N) is 2. The second-order valence-corrected chi connectivity index (χ2v) is 7.30. The molecule has 0 aliphatic heterocycles. The van der Waals surface area contributed by atoms with Crippen LogP contribution in [0.5, 0.6) is 5.75 Å². The second-order valence-electron chi connectivity index (χ2n) is 7.30. The van der Waals surface area contributed by atoms with Gasteiger partial charge in [-0.1, -0.05) is 24.3 Å². The Bertz CT molecular complexity index is 868. The number of amides is 1. The first-order valence-corrected chi connectivity index (χ1v) is 10.5. The van der Waals surface area contributed by atoms with Gasteiger partial charge >= 0.3 is 0 Å². The number of hydrogen-bond donors (Lipinski definition) is 2. The van der Waals surface area contributed by atoms with E-state index in [0.717, 1.165) is 47.9 Å². The van der Waals surface area contributed by atoms with E-state index in [0.29, 0.717) is 18.7 Å². The maximum absolute atomic E-state index is 12.1. The molecule has 0 spiro atoms. The zero-order valence-electron chi connectivity index (χ0n) is 19.2. The molecule has 0 bridgehead atoms. The molecule has 7 heteroatoms. The predicted molar refractivity (Wildman–Crippen MR) is 139 cm³/mol. The van der Waals surface area contributed by atoms with E-state index in [2.05, 4.69) is 36.6 Å². The van der Waals surface area contributed by atoms with Gasteiger partial charge in [-0.15, -0.1) is 24.0 Å². The van der Waals surface area contributed by atoms with Crippen molar-refractivity contribution in [2.45, 2.75) is 33.7 Å². The van der Waals surface area contributed by atoms with Crippen molar-refractivity contribution in [3.05, 3.63) is 64.7 Å². The van der Waals surface area contributed by atoms with Gasteiger partial charge in [-0.3, -0.25) is 4.79 Å². The number of rotatable bonds is 9. The van der Waals surface area contributed by atoms with Gasteiger partial charge in [0.1, 0.15) is 5.75 Å². The molecule has 2 N–H and O–H groups in total. The fraction of sp³-hybridized carbons (Fsp3) is 0.417. The molecule has 0 radical (unpaired) electrons. The molecule has 0 atom stereocenters. The average Bonchev–Trinajstić information content (AvgIpc) is 2.73. The Balaban J connectivity index is 0.00000480. The maximum atomic E-state index is 12.1. The van der Waals surface area contributed by atoms with Gasteiger partial charge in [0, 0.05) is 32.7 Å². The Morgan fingerprint density at radius 2 is 1.84 bits per heavy atom. The monoisotopic (exact) mass is 538 g/mol. The standard InChI is InChI=1S/C24H34N4O2.HI/c1-6-25-24(27-17-20-11-12-22(30-7-2)18(3)15-20)26-14-13-19-9-8-10-21(16-19)23(29)28(4)5;/h8-12,15-16H,6-7,13-14,17H2,1-5H3,(H2,25,26,27);1H. The molecule has 2 aromatic carbocycles. The van der Waals surface area contributed by atoms with E-state index in [1.807, 2.05) is 37.3 Å². The fourth-order valence-electron chi connectivity index (χ4n) is 3.08. The first-order valence-electron chi connectivity index (χ1n) is 10.5. The average molecular weight is 538 g/mol. The molecule has 0 aliphatic rings. The maximum Gasteiger partial charge on any atom is 0.253 e. The van der Waals surface area contributed by atoms with Gasteiger partial charge in [0.05, 0.1) is 13.2 Å². The lowest BCUT2D eigenvalue weighted by molar-refractivity contribution is 0.0827. The van der Waals surface area contributed by atoms with Crippen molar-refractivity contribution in [3.8, 4) is 5.75 Å². The van der Waals surface area contributed by atoms with E-state index in [4.69, 9.17) is 9.73 Å².